The number of aryl methyl sites for hydroxylation is 1. The van der Waals surface area contributed by atoms with Gasteiger partial charge in [-0.25, -0.2) is 4.98 Å². The number of imide groups is 2. The molecule has 3 aromatic carbocycles. The number of phenolic OH excluding ortho intramolecular Hbond substituents is 1. The van der Waals surface area contributed by atoms with E-state index in [1.165, 1.54) is 13.1 Å². The van der Waals surface area contributed by atoms with Crippen LogP contribution in [0.1, 0.15) is 41.1 Å². The fraction of sp³-hybridized carbons (Fsp3) is 0.275. The van der Waals surface area contributed by atoms with E-state index in [0.29, 0.717) is 32.9 Å². The summed E-state index contributed by atoms with van der Waals surface area (Å²) in [5.74, 6) is -7.94. The van der Waals surface area contributed by atoms with Crippen molar-refractivity contribution in [3.63, 3.8) is 0 Å². The number of pyridine rings is 1. The highest BCUT2D eigenvalue weighted by atomic mass is 79.9. The molecule has 4 aromatic rings. The van der Waals surface area contributed by atoms with Crippen LogP contribution in [0.3, 0.4) is 0 Å². The summed E-state index contributed by atoms with van der Waals surface area (Å²) in [4.78, 5) is 62.5. The molecule has 10 nitrogen and oxygen atoms in total. The standard InChI is InChI=1S/C40H32BrClF3N5O5/c1-20-8-11-23(12-9-20)47-49-36(53)28-19-26-24(33(27-18-22(41)10-16-30(27)51)39(28,38(49)55)21-6-4-3-5-7-21)13-14-25-32(26)37(54)50(35(25)52)48(2)34-29(42)15-17-31(46-34)40(43,44)45/h3-13,15-18,25-26,28,32-33,47,51H,14,19H2,1-2H3. The zero-order valence-corrected chi connectivity index (χ0v) is 31.6. The Bertz CT molecular complexity index is 2310. The van der Waals surface area contributed by atoms with Crippen molar-refractivity contribution in [2.45, 2.75) is 37.3 Å². The minimum Gasteiger partial charge on any atom is -0.508 e. The molecule has 2 saturated heterocycles. The van der Waals surface area contributed by atoms with Gasteiger partial charge in [-0.1, -0.05) is 87.2 Å². The van der Waals surface area contributed by atoms with Crippen molar-refractivity contribution in [1.29, 1.82) is 0 Å². The molecule has 4 amide bonds. The number of alkyl halides is 3. The summed E-state index contributed by atoms with van der Waals surface area (Å²) in [6, 6.07) is 22.6. The van der Waals surface area contributed by atoms with Crippen molar-refractivity contribution < 1.29 is 37.5 Å². The van der Waals surface area contributed by atoms with E-state index in [0.717, 1.165) is 26.7 Å². The van der Waals surface area contributed by atoms with Crippen molar-refractivity contribution in [1.82, 2.24) is 15.0 Å². The summed E-state index contributed by atoms with van der Waals surface area (Å²) in [6.07, 6.45) is -2.98. The number of carbonyl (C=O) groups excluding carboxylic acids is 4. The largest absolute Gasteiger partial charge is 0.508 e. The van der Waals surface area contributed by atoms with E-state index in [2.05, 4.69) is 26.3 Å². The van der Waals surface area contributed by atoms with E-state index >= 15 is 4.79 Å². The minimum absolute atomic E-state index is 0.0249. The molecule has 4 aliphatic rings. The molecule has 3 fully saturated rings. The number of aromatic nitrogens is 1. The minimum atomic E-state index is -4.82. The second-order valence-electron chi connectivity index (χ2n) is 14.3. The summed E-state index contributed by atoms with van der Waals surface area (Å²) < 4.78 is 41.6. The number of amides is 4. The fourth-order valence-electron chi connectivity index (χ4n) is 9.04. The zero-order chi connectivity index (χ0) is 39.1. The molecule has 6 atom stereocenters. The Labute approximate surface area is 326 Å². The topological polar surface area (TPSA) is 123 Å². The number of nitrogens with one attached hydrogen (secondary N) is 1. The first-order valence-electron chi connectivity index (χ1n) is 17.4. The average Bonchev–Trinajstić information content (AvgIpc) is 3.54. The van der Waals surface area contributed by atoms with E-state index in [9.17, 15) is 32.7 Å². The Balaban J connectivity index is 1.28. The number of carbonyl (C=O) groups is 4. The van der Waals surface area contributed by atoms with Gasteiger partial charge in [-0.2, -0.15) is 23.2 Å². The molecule has 2 aliphatic carbocycles. The van der Waals surface area contributed by atoms with E-state index in [1.54, 1.807) is 54.6 Å². The maximum Gasteiger partial charge on any atom is 0.433 e. The fourth-order valence-corrected chi connectivity index (χ4v) is 9.64. The number of phenols is 1. The molecule has 1 aromatic heterocycles. The number of fused-ring (bicyclic) bond motifs is 4. The maximum atomic E-state index is 15.3. The monoisotopic (exact) mass is 833 g/mol. The second-order valence-corrected chi connectivity index (χ2v) is 15.6. The van der Waals surface area contributed by atoms with Crippen LogP contribution in [0.4, 0.5) is 24.7 Å². The van der Waals surface area contributed by atoms with Gasteiger partial charge in [-0.05, 0) is 73.7 Å². The molecular weight excluding hydrogens is 803 g/mol. The second kappa shape index (κ2) is 13.2. The van der Waals surface area contributed by atoms with Crippen molar-refractivity contribution in [3.8, 4) is 5.75 Å². The number of allylic oxidation sites excluding steroid dienone is 2. The molecule has 55 heavy (non-hydrogen) atoms. The lowest BCUT2D eigenvalue weighted by atomic mass is 9.49. The van der Waals surface area contributed by atoms with Gasteiger partial charge in [-0.3, -0.25) is 29.6 Å². The maximum absolute atomic E-state index is 15.3. The Morgan fingerprint density at radius 2 is 1.65 bits per heavy atom. The third-order valence-electron chi connectivity index (χ3n) is 11.4. The SMILES string of the molecule is Cc1ccc(NN2C(=O)C3CC4C(=CCC5C(=O)N(N(C)c6nc(C(F)(F)F)ccc6Cl)C(=O)C54)C(c4cc(Br)ccc4O)C3(c3ccccc3)C2=O)cc1. The van der Waals surface area contributed by atoms with Crippen LogP contribution in [-0.4, -0.2) is 50.8 Å². The van der Waals surface area contributed by atoms with Gasteiger partial charge in [0.1, 0.15) is 11.4 Å². The third kappa shape index (κ3) is 5.63. The molecule has 0 radical (unpaired) electrons. The molecule has 3 heterocycles. The van der Waals surface area contributed by atoms with Gasteiger partial charge in [0.2, 0.25) is 0 Å². The van der Waals surface area contributed by atoms with E-state index in [1.807, 2.05) is 25.1 Å². The number of aromatic hydroxyl groups is 1. The van der Waals surface area contributed by atoms with Crippen molar-refractivity contribution in [3.05, 3.63) is 128 Å². The van der Waals surface area contributed by atoms with Crippen LogP contribution in [0.2, 0.25) is 5.02 Å². The quantitative estimate of drug-likeness (QED) is 0.151. The van der Waals surface area contributed by atoms with Gasteiger partial charge in [-0.15, -0.1) is 0 Å². The van der Waals surface area contributed by atoms with Gasteiger partial charge in [0.25, 0.3) is 23.6 Å². The smallest absolute Gasteiger partial charge is 0.433 e. The van der Waals surface area contributed by atoms with E-state index < -0.39 is 76.3 Å². The summed E-state index contributed by atoms with van der Waals surface area (Å²) in [5.41, 5.74) is 3.07. The summed E-state index contributed by atoms with van der Waals surface area (Å²) in [7, 11) is 1.24. The van der Waals surface area contributed by atoms with Crippen LogP contribution in [0.15, 0.2) is 101 Å². The summed E-state index contributed by atoms with van der Waals surface area (Å²) in [5, 5.41) is 14.1. The predicted molar refractivity (Wildman–Crippen MR) is 199 cm³/mol. The van der Waals surface area contributed by atoms with Crippen LogP contribution in [-0.2, 0) is 30.8 Å². The lowest BCUT2D eigenvalue weighted by Crippen LogP contribution is -2.53. The highest BCUT2D eigenvalue weighted by Crippen LogP contribution is 2.65. The number of anilines is 2. The Morgan fingerprint density at radius 3 is 2.35 bits per heavy atom. The summed E-state index contributed by atoms with van der Waals surface area (Å²) >= 11 is 9.81. The first-order valence-corrected chi connectivity index (χ1v) is 18.6. The van der Waals surface area contributed by atoms with E-state index in [4.69, 9.17) is 11.6 Å². The Morgan fingerprint density at radius 1 is 0.945 bits per heavy atom. The lowest BCUT2D eigenvalue weighted by molar-refractivity contribution is -0.142. The van der Waals surface area contributed by atoms with Crippen molar-refractivity contribution in [2.24, 2.45) is 23.7 Å². The molecule has 15 heteroatoms. The zero-order valence-electron chi connectivity index (χ0n) is 29.2. The number of hydrazine groups is 2. The predicted octanol–water partition coefficient (Wildman–Crippen LogP) is 7.57. The third-order valence-corrected chi connectivity index (χ3v) is 12.2. The molecule has 0 spiro atoms. The molecule has 1 saturated carbocycles. The van der Waals surface area contributed by atoms with Crippen molar-refractivity contribution in [2.75, 3.05) is 17.5 Å². The van der Waals surface area contributed by atoms with Gasteiger partial charge < -0.3 is 5.11 Å². The molecule has 8 rings (SSSR count). The van der Waals surface area contributed by atoms with E-state index in [-0.39, 0.29) is 23.6 Å². The van der Waals surface area contributed by atoms with Crippen LogP contribution in [0.5, 0.6) is 5.75 Å². The number of halogens is 5. The number of rotatable bonds is 6. The highest BCUT2D eigenvalue weighted by Gasteiger charge is 2.71. The first-order chi connectivity index (χ1) is 26.1. The molecule has 2 aliphatic heterocycles. The van der Waals surface area contributed by atoms with Crippen LogP contribution >= 0.6 is 27.5 Å². The number of benzene rings is 3. The first kappa shape index (κ1) is 36.8. The number of hydrogen-bond acceptors (Lipinski definition) is 8. The van der Waals surface area contributed by atoms with Gasteiger partial charge in [0.05, 0.1) is 33.9 Å². The molecule has 6 unspecified atom stereocenters. The van der Waals surface area contributed by atoms with Crippen LogP contribution in [0.25, 0.3) is 0 Å². The van der Waals surface area contributed by atoms with Gasteiger partial charge in [0.15, 0.2) is 5.82 Å². The average molecular weight is 835 g/mol. The molecular formula is C40H32BrClF3N5O5. The Kier molecular flexibility index (Phi) is 8.84. The summed E-state index contributed by atoms with van der Waals surface area (Å²) in [6.45, 7) is 1.91. The number of nitrogens with zero attached hydrogens (tertiary/aromatic N) is 4. The highest BCUT2D eigenvalue weighted by molar-refractivity contribution is 9.10. The normalized spacial score (nSPS) is 26.1. The van der Waals surface area contributed by atoms with Crippen LogP contribution in [0, 0.1) is 30.6 Å². The number of hydrogen-bond donors (Lipinski definition) is 2. The molecule has 0 bridgehead atoms. The van der Waals surface area contributed by atoms with Crippen LogP contribution < -0.4 is 10.4 Å². The van der Waals surface area contributed by atoms with Crippen molar-refractivity contribution >= 4 is 62.7 Å². The molecule has 282 valence electrons. The van der Waals surface area contributed by atoms with Gasteiger partial charge >= 0.3 is 6.18 Å². The Hall–Kier alpha value is -5.21. The van der Waals surface area contributed by atoms with Gasteiger partial charge in [0, 0.05) is 23.0 Å². The lowest BCUT2D eigenvalue weighted by Gasteiger charge is -2.50. The molecule has 2 N–H and O–H groups in total.